The number of anilines is 1. The summed E-state index contributed by atoms with van der Waals surface area (Å²) >= 11 is 0. The van der Waals surface area contributed by atoms with Gasteiger partial charge < -0.3 is 15.0 Å². The minimum Gasteiger partial charge on any atom is -0.497 e. The van der Waals surface area contributed by atoms with E-state index >= 15 is 0 Å². The van der Waals surface area contributed by atoms with E-state index in [2.05, 4.69) is 5.32 Å². The molecule has 0 spiro atoms. The van der Waals surface area contributed by atoms with Crippen LogP contribution in [0.2, 0.25) is 0 Å². The number of ether oxygens (including phenoxy) is 1. The van der Waals surface area contributed by atoms with E-state index in [1.54, 1.807) is 12.0 Å². The van der Waals surface area contributed by atoms with Gasteiger partial charge in [-0.05, 0) is 36.2 Å². The number of hydrogen-bond donors (Lipinski definition) is 1. The number of benzene rings is 2. The lowest BCUT2D eigenvalue weighted by molar-refractivity contribution is -0.128. The second kappa shape index (κ2) is 8.16. The molecule has 1 saturated heterocycles. The highest BCUT2D eigenvalue weighted by Crippen LogP contribution is 2.22. The zero-order chi connectivity index (χ0) is 19.4. The van der Waals surface area contributed by atoms with Crippen molar-refractivity contribution in [1.29, 1.82) is 0 Å². The lowest BCUT2D eigenvalue weighted by Gasteiger charge is -2.17. The average molecular weight is 374 g/mol. The molecule has 1 N–H and O–H groups in total. The van der Waals surface area contributed by atoms with Gasteiger partial charge in [0.1, 0.15) is 5.75 Å². The highest BCUT2D eigenvalue weighted by atomic mass is 19.2. The summed E-state index contributed by atoms with van der Waals surface area (Å²) in [5.41, 5.74) is 1.21. The Kier molecular flexibility index (Phi) is 5.69. The fraction of sp³-hybridized carbons (Fsp3) is 0.300. The highest BCUT2D eigenvalue weighted by molar-refractivity contribution is 5.97. The molecule has 2 amide bonds. The fourth-order valence-corrected chi connectivity index (χ4v) is 3.07. The Morgan fingerprint density at radius 3 is 2.78 bits per heavy atom. The zero-order valence-corrected chi connectivity index (χ0v) is 14.9. The van der Waals surface area contributed by atoms with E-state index in [1.165, 1.54) is 6.07 Å². The second-order valence-electron chi connectivity index (χ2n) is 6.46. The van der Waals surface area contributed by atoms with Crippen LogP contribution in [0.15, 0.2) is 42.5 Å². The molecule has 0 aromatic heterocycles. The molecule has 2 aromatic rings. The van der Waals surface area contributed by atoms with E-state index < -0.39 is 17.6 Å². The molecule has 0 radical (unpaired) electrons. The molecular weight excluding hydrogens is 354 g/mol. The van der Waals surface area contributed by atoms with Gasteiger partial charge in [0.05, 0.1) is 13.0 Å². The molecule has 7 heteroatoms. The summed E-state index contributed by atoms with van der Waals surface area (Å²) in [6.45, 7) is 0.805. The summed E-state index contributed by atoms with van der Waals surface area (Å²) in [5, 5.41) is 2.54. The summed E-state index contributed by atoms with van der Waals surface area (Å²) in [5.74, 6) is -2.25. The first kappa shape index (κ1) is 18.8. The van der Waals surface area contributed by atoms with Crippen LogP contribution in [0.5, 0.6) is 5.75 Å². The van der Waals surface area contributed by atoms with Crippen molar-refractivity contribution in [2.24, 2.45) is 5.92 Å². The number of amides is 2. The molecular formula is C20H20F2N2O3. The van der Waals surface area contributed by atoms with Crippen LogP contribution in [0, 0.1) is 17.6 Å². The van der Waals surface area contributed by atoms with Crippen molar-refractivity contribution >= 4 is 17.5 Å². The van der Waals surface area contributed by atoms with Crippen molar-refractivity contribution in [2.45, 2.75) is 12.8 Å². The number of halogens is 2. The SMILES string of the molecule is COc1cccc(CCN2CC(C(=O)Nc3ccc(F)c(F)c3)CC2=O)c1. The molecule has 1 atom stereocenters. The summed E-state index contributed by atoms with van der Waals surface area (Å²) in [4.78, 5) is 26.2. The minimum atomic E-state index is -1.03. The average Bonchev–Trinajstić information content (AvgIpc) is 3.04. The fourth-order valence-electron chi connectivity index (χ4n) is 3.07. The van der Waals surface area contributed by atoms with Crippen LogP contribution >= 0.6 is 0 Å². The smallest absolute Gasteiger partial charge is 0.229 e. The van der Waals surface area contributed by atoms with Crippen molar-refractivity contribution in [2.75, 3.05) is 25.5 Å². The predicted molar refractivity (Wildman–Crippen MR) is 96.4 cm³/mol. The molecule has 3 rings (SSSR count). The number of likely N-dealkylation sites (tertiary alicyclic amines) is 1. The first-order valence-corrected chi connectivity index (χ1v) is 8.63. The molecule has 1 aliphatic heterocycles. The molecule has 5 nitrogen and oxygen atoms in total. The Morgan fingerprint density at radius 2 is 2.04 bits per heavy atom. The van der Waals surface area contributed by atoms with Gasteiger partial charge in [-0.15, -0.1) is 0 Å². The van der Waals surface area contributed by atoms with Crippen LogP contribution in [0.1, 0.15) is 12.0 Å². The first-order valence-electron chi connectivity index (χ1n) is 8.63. The Balaban J connectivity index is 1.56. The molecule has 27 heavy (non-hydrogen) atoms. The molecule has 0 aliphatic carbocycles. The van der Waals surface area contributed by atoms with E-state index in [9.17, 15) is 18.4 Å². The number of rotatable bonds is 6. The Hall–Kier alpha value is -2.96. The van der Waals surface area contributed by atoms with Crippen LogP contribution in [0.3, 0.4) is 0 Å². The van der Waals surface area contributed by atoms with Gasteiger partial charge in [-0.1, -0.05) is 12.1 Å². The van der Waals surface area contributed by atoms with Crippen molar-refractivity contribution in [3.05, 3.63) is 59.7 Å². The van der Waals surface area contributed by atoms with E-state index in [1.807, 2.05) is 24.3 Å². The Bertz CT molecular complexity index is 857. The number of methoxy groups -OCH3 is 1. The predicted octanol–water partition coefficient (Wildman–Crippen LogP) is 3.00. The summed E-state index contributed by atoms with van der Waals surface area (Å²) in [6, 6.07) is 10.8. The number of hydrogen-bond acceptors (Lipinski definition) is 3. The van der Waals surface area contributed by atoms with Gasteiger partial charge in [0.15, 0.2) is 11.6 Å². The minimum absolute atomic E-state index is 0.0941. The molecule has 0 bridgehead atoms. The third-order valence-corrected chi connectivity index (χ3v) is 4.58. The maximum absolute atomic E-state index is 13.2. The third-order valence-electron chi connectivity index (χ3n) is 4.58. The lowest BCUT2D eigenvalue weighted by Crippen LogP contribution is -2.30. The highest BCUT2D eigenvalue weighted by Gasteiger charge is 2.34. The first-order chi connectivity index (χ1) is 13.0. The van der Waals surface area contributed by atoms with Crippen molar-refractivity contribution in [3.8, 4) is 5.75 Å². The van der Waals surface area contributed by atoms with Gasteiger partial charge in [0, 0.05) is 31.3 Å². The molecule has 2 aromatic carbocycles. The largest absolute Gasteiger partial charge is 0.497 e. The summed E-state index contributed by atoms with van der Waals surface area (Å²) in [6.07, 6.45) is 0.758. The van der Waals surface area contributed by atoms with E-state index in [4.69, 9.17) is 4.74 Å². The lowest BCUT2D eigenvalue weighted by atomic mass is 10.1. The zero-order valence-electron chi connectivity index (χ0n) is 14.9. The number of carbonyl (C=O) groups is 2. The molecule has 1 unspecified atom stereocenters. The van der Waals surface area contributed by atoms with Gasteiger partial charge in [-0.25, -0.2) is 8.78 Å². The Morgan fingerprint density at radius 1 is 1.22 bits per heavy atom. The monoisotopic (exact) mass is 374 g/mol. The van der Waals surface area contributed by atoms with Gasteiger partial charge in [0.25, 0.3) is 0 Å². The molecule has 1 fully saturated rings. The second-order valence-corrected chi connectivity index (χ2v) is 6.46. The summed E-state index contributed by atoms with van der Waals surface area (Å²) < 4.78 is 31.4. The molecule has 0 saturated carbocycles. The third kappa shape index (κ3) is 4.61. The van der Waals surface area contributed by atoms with Gasteiger partial charge in [0.2, 0.25) is 11.8 Å². The molecule has 1 aliphatic rings. The number of nitrogens with one attached hydrogen (secondary N) is 1. The van der Waals surface area contributed by atoms with Crippen LogP contribution in [0.25, 0.3) is 0 Å². The van der Waals surface area contributed by atoms with E-state index in [0.717, 1.165) is 23.4 Å². The van der Waals surface area contributed by atoms with E-state index in [0.29, 0.717) is 19.5 Å². The molecule has 142 valence electrons. The normalized spacial score (nSPS) is 16.5. The van der Waals surface area contributed by atoms with Crippen LogP contribution in [-0.4, -0.2) is 36.9 Å². The quantitative estimate of drug-likeness (QED) is 0.846. The van der Waals surface area contributed by atoms with Gasteiger partial charge in [-0.2, -0.15) is 0 Å². The Labute approximate surface area is 155 Å². The van der Waals surface area contributed by atoms with E-state index in [-0.39, 0.29) is 23.9 Å². The standard InChI is InChI=1S/C20H20F2N2O3/c1-27-16-4-2-3-13(9-16)7-8-24-12-14(10-19(24)25)20(26)23-15-5-6-17(21)18(22)11-15/h2-6,9,11,14H,7-8,10,12H2,1H3,(H,23,26). The van der Waals surface area contributed by atoms with Crippen LogP contribution in [0.4, 0.5) is 14.5 Å². The maximum Gasteiger partial charge on any atom is 0.229 e. The number of carbonyl (C=O) groups excluding carboxylic acids is 2. The van der Waals surface area contributed by atoms with Crippen molar-refractivity contribution in [3.63, 3.8) is 0 Å². The van der Waals surface area contributed by atoms with Crippen molar-refractivity contribution in [1.82, 2.24) is 4.90 Å². The number of nitrogens with zero attached hydrogens (tertiary/aromatic N) is 1. The van der Waals surface area contributed by atoms with Gasteiger partial charge in [-0.3, -0.25) is 9.59 Å². The topological polar surface area (TPSA) is 58.6 Å². The van der Waals surface area contributed by atoms with Crippen molar-refractivity contribution < 1.29 is 23.1 Å². The summed E-state index contributed by atoms with van der Waals surface area (Å²) in [7, 11) is 1.60. The maximum atomic E-state index is 13.2. The van der Waals surface area contributed by atoms with Gasteiger partial charge >= 0.3 is 0 Å². The van der Waals surface area contributed by atoms with Crippen LogP contribution < -0.4 is 10.1 Å². The molecule has 1 heterocycles. The van der Waals surface area contributed by atoms with Crippen LogP contribution in [-0.2, 0) is 16.0 Å².